The van der Waals surface area contributed by atoms with Gasteiger partial charge in [0.25, 0.3) is 0 Å². The number of benzene rings is 1. The van der Waals surface area contributed by atoms with Gasteiger partial charge in [-0.3, -0.25) is 4.68 Å². The summed E-state index contributed by atoms with van der Waals surface area (Å²) >= 11 is 0. The summed E-state index contributed by atoms with van der Waals surface area (Å²) in [6.45, 7) is 1.75. The van der Waals surface area contributed by atoms with E-state index in [9.17, 15) is 5.11 Å². The van der Waals surface area contributed by atoms with Crippen LogP contribution in [0, 0.1) is 0 Å². The lowest BCUT2D eigenvalue weighted by atomic mass is 9.91. The van der Waals surface area contributed by atoms with Gasteiger partial charge in [0.15, 0.2) is 0 Å². The molecular formula is C13H17N3O2. The SMILES string of the molecule is COc1ccccc1C(C)(O)Cc1ncnn1C. The number of methoxy groups -OCH3 is 1. The van der Waals surface area contributed by atoms with E-state index >= 15 is 0 Å². The van der Waals surface area contributed by atoms with Crippen molar-refractivity contribution in [2.75, 3.05) is 7.11 Å². The van der Waals surface area contributed by atoms with Crippen LogP contribution in [0.1, 0.15) is 18.3 Å². The number of hydrogen-bond acceptors (Lipinski definition) is 4. The van der Waals surface area contributed by atoms with Gasteiger partial charge in [0.1, 0.15) is 17.9 Å². The highest BCUT2D eigenvalue weighted by Crippen LogP contribution is 2.31. The lowest BCUT2D eigenvalue weighted by Crippen LogP contribution is -2.26. The Morgan fingerprint density at radius 2 is 2.11 bits per heavy atom. The molecule has 0 fully saturated rings. The summed E-state index contributed by atoms with van der Waals surface area (Å²) in [6, 6.07) is 7.44. The van der Waals surface area contributed by atoms with Gasteiger partial charge < -0.3 is 9.84 Å². The lowest BCUT2D eigenvalue weighted by Gasteiger charge is -2.25. The van der Waals surface area contributed by atoms with Crippen molar-refractivity contribution in [3.05, 3.63) is 42.0 Å². The first-order chi connectivity index (χ1) is 8.54. The van der Waals surface area contributed by atoms with Crippen molar-refractivity contribution in [2.24, 2.45) is 7.05 Å². The molecule has 0 aliphatic heterocycles. The van der Waals surface area contributed by atoms with Crippen molar-refractivity contribution in [3.8, 4) is 5.75 Å². The van der Waals surface area contributed by atoms with Gasteiger partial charge in [-0.15, -0.1) is 0 Å². The molecule has 5 heteroatoms. The molecule has 2 rings (SSSR count). The molecule has 1 unspecified atom stereocenters. The Labute approximate surface area is 106 Å². The fourth-order valence-corrected chi connectivity index (χ4v) is 1.97. The summed E-state index contributed by atoms with van der Waals surface area (Å²) in [5, 5.41) is 14.6. The van der Waals surface area contributed by atoms with E-state index in [1.807, 2.05) is 24.3 Å². The molecule has 1 N–H and O–H groups in total. The van der Waals surface area contributed by atoms with E-state index in [4.69, 9.17) is 4.74 Å². The van der Waals surface area contributed by atoms with Crippen LogP contribution in [0.3, 0.4) is 0 Å². The maximum atomic E-state index is 10.6. The second kappa shape index (κ2) is 4.78. The number of nitrogens with zero attached hydrogens (tertiary/aromatic N) is 3. The molecule has 0 radical (unpaired) electrons. The lowest BCUT2D eigenvalue weighted by molar-refractivity contribution is 0.0519. The number of aliphatic hydroxyl groups is 1. The fraction of sp³-hybridized carbons (Fsp3) is 0.385. The van der Waals surface area contributed by atoms with Crippen LogP contribution in [0.25, 0.3) is 0 Å². The summed E-state index contributed by atoms with van der Waals surface area (Å²) in [7, 11) is 3.40. The van der Waals surface area contributed by atoms with E-state index in [-0.39, 0.29) is 0 Å². The van der Waals surface area contributed by atoms with Crippen LogP contribution in [-0.4, -0.2) is 27.0 Å². The molecule has 1 heterocycles. The number of para-hydroxylation sites is 1. The van der Waals surface area contributed by atoms with Crippen LogP contribution in [0.15, 0.2) is 30.6 Å². The minimum atomic E-state index is -1.05. The minimum Gasteiger partial charge on any atom is -0.496 e. The Kier molecular flexibility index (Phi) is 3.34. The Morgan fingerprint density at radius 3 is 2.72 bits per heavy atom. The third-order valence-corrected chi connectivity index (χ3v) is 2.99. The van der Waals surface area contributed by atoms with Gasteiger partial charge in [-0.1, -0.05) is 18.2 Å². The molecule has 96 valence electrons. The monoisotopic (exact) mass is 247 g/mol. The summed E-state index contributed by atoms with van der Waals surface area (Å²) in [5.74, 6) is 1.40. The third kappa shape index (κ3) is 2.36. The van der Waals surface area contributed by atoms with Crippen molar-refractivity contribution in [1.29, 1.82) is 0 Å². The highest BCUT2D eigenvalue weighted by Gasteiger charge is 2.28. The molecule has 0 aliphatic carbocycles. The quantitative estimate of drug-likeness (QED) is 0.884. The van der Waals surface area contributed by atoms with Crippen LogP contribution in [0.5, 0.6) is 5.75 Å². The Bertz CT molecular complexity index is 535. The number of ether oxygens (including phenoxy) is 1. The zero-order valence-electron chi connectivity index (χ0n) is 10.8. The van der Waals surface area contributed by atoms with Gasteiger partial charge >= 0.3 is 0 Å². The van der Waals surface area contributed by atoms with E-state index in [1.54, 1.807) is 25.8 Å². The van der Waals surface area contributed by atoms with E-state index in [0.29, 0.717) is 12.2 Å². The predicted octanol–water partition coefficient (Wildman–Crippen LogP) is 1.27. The van der Waals surface area contributed by atoms with Gasteiger partial charge in [0.2, 0.25) is 0 Å². The summed E-state index contributed by atoms with van der Waals surface area (Å²) < 4.78 is 6.93. The predicted molar refractivity (Wildman–Crippen MR) is 67.3 cm³/mol. The van der Waals surface area contributed by atoms with Crippen molar-refractivity contribution >= 4 is 0 Å². The van der Waals surface area contributed by atoms with Crippen LogP contribution in [0.2, 0.25) is 0 Å². The summed E-state index contributed by atoms with van der Waals surface area (Å²) in [5.41, 5.74) is -0.302. The number of aryl methyl sites for hydroxylation is 1. The molecule has 0 aliphatic rings. The van der Waals surface area contributed by atoms with E-state index < -0.39 is 5.60 Å². The van der Waals surface area contributed by atoms with Crippen molar-refractivity contribution in [2.45, 2.75) is 18.9 Å². The molecule has 1 atom stereocenters. The van der Waals surface area contributed by atoms with Crippen LogP contribution in [0.4, 0.5) is 0 Å². The highest BCUT2D eigenvalue weighted by molar-refractivity contribution is 5.38. The van der Waals surface area contributed by atoms with E-state index in [1.165, 1.54) is 6.33 Å². The molecule has 0 bridgehead atoms. The van der Waals surface area contributed by atoms with Gasteiger partial charge in [0, 0.05) is 19.0 Å². The highest BCUT2D eigenvalue weighted by atomic mass is 16.5. The molecular weight excluding hydrogens is 230 g/mol. The number of aromatic nitrogens is 3. The molecule has 0 saturated carbocycles. The Balaban J connectivity index is 2.33. The number of hydrogen-bond donors (Lipinski definition) is 1. The molecule has 2 aromatic rings. The minimum absolute atomic E-state index is 0.379. The largest absolute Gasteiger partial charge is 0.496 e. The Morgan fingerprint density at radius 1 is 1.39 bits per heavy atom. The normalized spacial score (nSPS) is 14.2. The molecule has 1 aromatic carbocycles. The van der Waals surface area contributed by atoms with Gasteiger partial charge in [0.05, 0.1) is 12.7 Å². The first-order valence-corrected chi connectivity index (χ1v) is 5.73. The molecule has 0 spiro atoms. The molecule has 0 amide bonds. The Hall–Kier alpha value is -1.88. The average Bonchev–Trinajstić information content (AvgIpc) is 2.74. The van der Waals surface area contributed by atoms with Crippen LogP contribution in [-0.2, 0) is 19.1 Å². The zero-order chi connectivity index (χ0) is 13.2. The molecule has 5 nitrogen and oxygen atoms in total. The number of rotatable bonds is 4. The smallest absolute Gasteiger partial charge is 0.138 e. The molecule has 0 saturated heterocycles. The first-order valence-electron chi connectivity index (χ1n) is 5.73. The second-order valence-corrected chi connectivity index (χ2v) is 4.45. The average molecular weight is 247 g/mol. The van der Waals surface area contributed by atoms with Gasteiger partial charge in [-0.25, -0.2) is 4.98 Å². The summed E-state index contributed by atoms with van der Waals surface area (Å²) in [6.07, 6.45) is 1.86. The first kappa shape index (κ1) is 12.6. The fourth-order valence-electron chi connectivity index (χ4n) is 1.97. The van der Waals surface area contributed by atoms with Crippen molar-refractivity contribution < 1.29 is 9.84 Å². The molecule has 1 aromatic heterocycles. The second-order valence-electron chi connectivity index (χ2n) is 4.45. The maximum absolute atomic E-state index is 10.6. The van der Waals surface area contributed by atoms with Crippen molar-refractivity contribution in [1.82, 2.24) is 14.8 Å². The summed E-state index contributed by atoms with van der Waals surface area (Å²) in [4.78, 5) is 4.13. The van der Waals surface area contributed by atoms with Crippen LogP contribution >= 0.6 is 0 Å². The maximum Gasteiger partial charge on any atom is 0.138 e. The molecule has 18 heavy (non-hydrogen) atoms. The van der Waals surface area contributed by atoms with Crippen LogP contribution < -0.4 is 4.74 Å². The topological polar surface area (TPSA) is 60.2 Å². The van der Waals surface area contributed by atoms with E-state index in [2.05, 4.69) is 10.1 Å². The van der Waals surface area contributed by atoms with Crippen molar-refractivity contribution in [3.63, 3.8) is 0 Å². The van der Waals surface area contributed by atoms with Gasteiger partial charge in [-0.05, 0) is 13.0 Å². The van der Waals surface area contributed by atoms with Gasteiger partial charge in [-0.2, -0.15) is 5.10 Å². The standard InChI is InChI=1S/C13H17N3O2/c1-13(17,8-12-14-9-15-16(12)2)10-6-4-5-7-11(10)18-3/h4-7,9,17H,8H2,1-3H3. The van der Waals surface area contributed by atoms with E-state index in [0.717, 1.165) is 11.4 Å². The third-order valence-electron chi connectivity index (χ3n) is 2.99. The zero-order valence-corrected chi connectivity index (χ0v) is 10.8.